The second kappa shape index (κ2) is 7.92. The maximum atomic E-state index is 7.34. The lowest BCUT2D eigenvalue weighted by molar-refractivity contribution is 0.0986. The Morgan fingerprint density at radius 2 is 2.24 bits per heavy atom. The number of anilines is 1. The molecule has 1 aliphatic heterocycles. The minimum atomic E-state index is 0.214. The van der Waals surface area contributed by atoms with E-state index in [1.807, 2.05) is 24.4 Å². The van der Waals surface area contributed by atoms with Gasteiger partial charge in [-0.2, -0.15) is 0 Å². The molecule has 0 spiro atoms. The van der Waals surface area contributed by atoms with Crippen LogP contribution in [-0.2, 0) is 4.74 Å². The summed E-state index contributed by atoms with van der Waals surface area (Å²) in [4.78, 5) is 11.4. The molecule has 3 N–H and O–H groups in total. The van der Waals surface area contributed by atoms with Crippen LogP contribution in [0.5, 0.6) is 5.88 Å². The molecule has 1 unspecified atom stereocenters. The van der Waals surface area contributed by atoms with Crippen molar-refractivity contribution in [1.29, 1.82) is 5.41 Å². The van der Waals surface area contributed by atoms with Crippen molar-refractivity contribution in [3.05, 3.63) is 42.7 Å². The number of ether oxygens (including phenoxy) is 2. The van der Waals surface area contributed by atoms with E-state index in [0.717, 1.165) is 34.5 Å². The Hall–Kier alpha value is -3.39. The number of nitrogens with one attached hydrogen (secondary N) is 1. The van der Waals surface area contributed by atoms with Crippen LogP contribution in [-0.4, -0.2) is 53.7 Å². The van der Waals surface area contributed by atoms with Crippen molar-refractivity contribution in [1.82, 2.24) is 14.5 Å². The smallest absolute Gasteiger partial charge is 0.213 e. The fourth-order valence-corrected chi connectivity index (χ4v) is 3.61. The van der Waals surface area contributed by atoms with E-state index in [2.05, 4.69) is 22.9 Å². The van der Waals surface area contributed by atoms with Gasteiger partial charge in [-0.15, -0.1) is 0 Å². The first kappa shape index (κ1) is 18.9. The van der Waals surface area contributed by atoms with E-state index in [0.29, 0.717) is 24.9 Å². The molecule has 4 heterocycles. The van der Waals surface area contributed by atoms with E-state index in [1.165, 1.54) is 6.21 Å². The summed E-state index contributed by atoms with van der Waals surface area (Å²) in [6.07, 6.45) is 6.32. The summed E-state index contributed by atoms with van der Waals surface area (Å²) in [5.41, 5.74) is 8.92. The number of methoxy groups -OCH3 is 1. The fraction of sp³-hybridized carbons (Fsp3) is 0.286. The van der Waals surface area contributed by atoms with E-state index < -0.39 is 0 Å². The number of allylic oxidation sites excluding steroid dienone is 1. The molecule has 0 radical (unpaired) electrons. The van der Waals surface area contributed by atoms with Gasteiger partial charge >= 0.3 is 0 Å². The average molecular weight is 392 g/mol. The second-order valence-electron chi connectivity index (χ2n) is 6.91. The third-order valence-corrected chi connectivity index (χ3v) is 5.09. The highest BCUT2D eigenvalue weighted by Gasteiger charge is 2.23. The zero-order valence-electron chi connectivity index (χ0n) is 16.5. The lowest BCUT2D eigenvalue weighted by Gasteiger charge is -2.34. The molecular formula is C21H24N6O2. The van der Waals surface area contributed by atoms with Crippen molar-refractivity contribution in [2.75, 3.05) is 31.8 Å². The van der Waals surface area contributed by atoms with Gasteiger partial charge in [0.1, 0.15) is 17.3 Å². The van der Waals surface area contributed by atoms with Gasteiger partial charge < -0.3 is 25.5 Å². The first-order chi connectivity index (χ1) is 14.1. The number of morpholine rings is 1. The molecule has 1 atom stereocenters. The Balaban J connectivity index is 1.95. The molecular weight excluding hydrogens is 368 g/mol. The number of hydrogen-bond acceptors (Lipinski definition) is 7. The molecule has 0 aliphatic carbocycles. The van der Waals surface area contributed by atoms with Crippen LogP contribution in [0.25, 0.3) is 28.0 Å². The molecule has 1 aliphatic rings. The first-order valence-corrected chi connectivity index (χ1v) is 9.46. The number of hydrogen-bond donors (Lipinski definition) is 2. The molecule has 8 heteroatoms. The third kappa shape index (κ3) is 3.54. The van der Waals surface area contributed by atoms with Gasteiger partial charge in [0.2, 0.25) is 5.88 Å². The minimum absolute atomic E-state index is 0.214. The van der Waals surface area contributed by atoms with Crippen LogP contribution >= 0.6 is 0 Å². The number of nitrogens with two attached hydrogens (primary N) is 1. The lowest BCUT2D eigenvalue weighted by Crippen LogP contribution is -2.44. The Morgan fingerprint density at radius 3 is 3.00 bits per heavy atom. The topological polar surface area (TPSA) is 102 Å². The van der Waals surface area contributed by atoms with Crippen molar-refractivity contribution in [2.24, 2.45) is 5.73 Å². The quantitative estimate of drug-likeness (QED) is 0.647. The highest BCUT2D eigenvalue weighted by atomic mass is 16.5. The van der Waals surface area contributed by atoms with Gasteiger partial charge in [-0.1, -0.05) is 0 Å². The fourth-order valence-electron chi connectivity index (χ4n) is 3.61. The minimum Gasteiger partial charge on any atom is -0.481 e. The Bertz CT molecular complexity index is 1070. The van der Waals surface area contributed by atoms with Crippen molar-refractivity contribution < 1.29 is 9.47 Å². The number of aromatic nitrogens is 3. The molecule has 1 fully saturated rings. The summed E-state index contributed by atoms with van der Waals surface area (Å²) in [5, 5.41) is 8.30. The van der Waals surface area contributed by atoms with Crippen LogP contribution in [0.1, 0.15) is 6.92 Å². The number of pyridine rings is 2. The molecule has 0 bridgehead atoms. The molecule has 3 aromatic rings. The molecule has 4 rings (SSSR count). The van der Waals surface area contributed by atoms with E-state index in [9.17, 15) is 0 Å². The van der Waals surface area contributed by atoms with Gasteiger partial charge in [-0.05, 0) is 42.3 Å². The Kier molecular flexibility index (Phi) is 5.18. The van der Waals surface area contributed by atoms with Crippen LogP contribution < -0.4 is 15.4 Å². The molecule has 0 amide bonds. The number of nitrogens with zero attached hydrogens (tertiary/aromatic N) is 4. The summed E-state index contributed by atoms with van der Waals surface area (Å²) < 4.78 is 12.7. The van der Waals surface area contributed by atoms with Gasteiger partial charge in [-0.25, -0.2) is 9.97 Å². The zero-order valence-corrected chi connectivity index (χ0v) is 16.5. The van der Waals surface area contributed by atoms with Crippen LogP contribution in [0.4, 0.5) is 5.82 Å². The lowest BCUT2D eigenvalue weighted by atomic mass is 10.0. The maximum Gasteiger partial charge on any atom is 0.213 e. The molecule has 8 nitrogen and oxygen atoms in total. The molecule has 0 aromatic carbocycles. The summed E-state index contributed by atoms with van der Waals surface area (Å²) in [7, 11) is 1.61. The third-order valence-electron chi connectivity index (χ3n) is 5.09. The SMILES string of the molecule is COc1cc(-c2cc(N3CCOCC3C)nc3c2ccn3/C(N)=C/C=N)ccn1. The van der Waals surface area contributed by atoms with Gasteiger partial charge in [0, 0.05) is 36.6 Å². The predicted molar refractivity (Wildman–Crippen MR) is 114 cm³/mol. The molecule has 1 saturated heterocycles. The van der Waals surface area contributed by atoms with Gasteiger partial charge in [0.25, 0.3) is 0 Å². The molecule has 29 heavy (non-hydrogen) atoms. The first-order valence-electron chi connectivity index (χ1n) is 9.46. The highest BCUT2D eigenvalue weighted by molar-refractivity contribution is 5.97. The monoisotopic (exact) mass is 392 g/mol. The average Bonchev–Trinajstić information content (AvgIpc) is 3.18. The van der Waals surface area contributed by atoms with E-state index in [1.54, 1.807) is 23.9 Å². The van der Waals surface area contributed by atoms with Crippen LogP contribution in [0.3, 0.4) is 0 Å². The van der Waals surface area contributed by atoms with E-state index >= 15 is 0 Å². The Morgan fingerprint density at radius 1 is 1.38 bits per heavy atom. The number of fused-ring (bicyclic) bond motifs is 1. The normalized spacial score (nSPS) is 17.5. The molecule has 3 aromatic heterocycles. The van der Waals surface area contributed by atoms with Gasteiger partial charge in [-0.3, -0.25) is 4.57 Å². The van der Waals surface area contributed by atoms with Gasteiger partial charge in [0.05, 0.1) is 26.4 Å². The molecule has 0 saturated carbocycles. The summed E-state index contributed by atoms with van der Waals surface area (Å²) >= 11 is 0. The number of rotatable bonds is 5. The highest BCUT2D eigenvalue weighted by Crippen LogP contribution is 2.34. The summed E-state index contributed by atoms with van der Waals surface area (Å²) in [5.74, 6) is 1.85. The van der Waals surface area contributed by atoms with Crippen molar-refractivity contribution in [2.45, 2.75) is 13.0 Å². The van der Waals surface area contributed by atoms with Crippen LogP contribution in [0, 0.1) is 5.41 Å². The predicted octanol–water partition coefficient (Wildman–Crippen LogP) is 2.74. The van der Waals surface area contributed by atoms with Crippen molar-refractivity contribution in [3.8, 4) is 17.0 Å². The zero-order chi connectivity index (χ0) is 20.4. The van der Waals surface area contributed by atoms with Crippen LogP contribution in [0.15, 0.2) is 42.7 Å². The summed E-state index contributed by atoms with van der Waals surface area (Å²) in [6.45, 7) is 4.22. The van der Waals surface area contributed by atoms with Crippen LogP contribution in [0.2, 0.25) is 0 Å². The Labute approximate surface area is 169 Å². The standard InChI is InChI=1S/C21H24N6O2/c1-14-13-29-10-9-26(14)19-12-17(15-4-7-24-20(11-15)28-2)16-5-8-27(21(16)25-19)18(23)3-6-22/h3-8,11-12,14,22H,9-10,13,23H2,1-2H3/b18-3+,22-6?. The van der Waals surface area contributed by atoms with Crippen molar-refractivity contribution in [3.63, 3.8) is 0 Å². The van der Waals surface area contributed by atoms with Gasteiger partial charge in [0.15, 0.2) is 0 Å². The van der Waals surface area contributed by atoms with Crippen molar-refractivity contribution >= 4 is 28.9 Å². The van der Waals surface area contributed by atoms with E-state index in [4.69, 9.17) is 25.6 Å². The maximum absolute atomic E-state index is 7.34. The second-order valence-corrected chi connectivity index (χ2v) is 6.91. The largest absolute Gasteiger partial charge is 0.481 e. The van der Waals surface area contributed by atoms with E-state index in [-0.39, 0.29) is 6.04 Å². The summed E-state index contributed by atoms with van der Waals surface area (Å²) in [6, 6.07) is 8.17. The molecule has 150 valence electrons.